The third-order valence-electron chi connectivity index (χ3n) is 4.25. The summed E-state index contributed by atoms with van der Waals surface area (Å²) in [6.45, 7) is 1.18. The SMILES string of the molecule is O=C(NCc1ccccc1)OCCCc1cnn(C(=O)NCc2ccccc2)c1. The van der Waals surface area contributed by atoms with Crippen molar-refractivity contribution in [3.63, 3.8) is 0 Å². The quantitative estimate of drug-likeness (QED) is 0.575. The molecule has 0 atom stereocenters. The number of hydrogen-bond acceptors (Lipinski definition) is 4. The summed E-state index contributed by atoms with van der Waals surface area (Å²) in [4.78, 5) is 23.9. The van der Waals surface area contributed by atoms with Gasteiger partial charge in [-0.25, -0.2) is 9.59 Å². The van der Waals surface area contributed by atoms with Crippen molar-refractivity contribution in [1.82, 2.24) is 20.4 Å². The Hall–Kier alpha value is -3.61. The lowest BCUT2D eigenvalue weighted by molar-refractivity contribution is 0.144. The van der Waals surface area contributed by atoms with E-state index in [0.29, 0.717) is 32.5 Å². The first-order chi connectivity index (χ1) is 14.2. The lowest BCUT2D eigenvalue weighted by Gasteiger charge is -2.06. The van der Waals surface area contributed by atoms with Crippen LogP contribution in [0.25, 0.3) is 0 Å². The molecule has 3 aromatic rings. The minimum absolute atomic E-state index is 0.281. The number of amides is 2. The molecule has 7 heteroatoms. The lowest BCUT2D eigenvalue weighted by atomic mass is 10.2. The predicted molar refractivity (Wildman–Crippen MR) is 109 cm³/mol. The third-order valence-corrected chi connectivity index (χ3v) is 4.25. The maximum absolute atomic E-state index is 12.2. The number of hydrogen-bond donors (Lipinski definition) is 2. The Labute approximate surface area is 169 Å². The van der Waals surface area contributed by atoms with Crippen LogP contribution in [0, 0.1) is 0 Å². The van der Waals surface area contributed by atoms with Crippen molar-refractivity contribution < 1.29 is 14.3 Å². The Morgan fingerprint density at radius 3 is 2.14 bits per heavy atom. The monoisotopic (exact) mass is 392 g/mol. The molecule has 0 bridgehead atoms. The van der Waals surface area contributed by atoms with Gasteiger partial charge in [-0.1, -0.05) is 60.7 Å². The molecule has 2 amide bonds. The molecule has 0 fully saturated rings. The molecule has 0 spiro atoms. The summed E-state index contributed by atoms with van der Waals surface area (Å²) in [6.07, 6.45) is 4.21. The number of nitrogens with one attached hydrogen (secondary N) is 2. The minimum atomic E-state index is -0.440. The molecule has 3 rings (SSSR count). The lowest BCUT2D eigenvalue weighted by Crippen LogP contribution is -2.28. The van der Waals surface area contributed by atoms with E-state index in [2.05, 4.69) is 15.7 Å². The van der Waals surface area contributed by atoms with Crippen LogP contribution in [0.5, 0.6) is 0 Å². The summed E-state index contributed by atoms with van der Waals surface area (Å²) in [5.41, 5.74) is 2.95. The normalized spacial score (nSPS) is 10.3. The van der Waals surface area contributed by atoms with Gasteiger partial charge in [-0.2, -0.15) is 9.78 Å². The second kappa shape index (κ2) is 10.7. The fraction of sp³-hybridized carbons (Fsp3) is 0.227. The Bertz CT molecular complexity index is 910. The highest BCUT2D eigenvalue weighted by molar-refractivity contribution is 5.75. The molecule has 0 saturated carbocycles. The Balaban J connectivity index is 1.32. The van der Waals surface area contributed by atoms with Gasteiger partial charge in [-0.05, 0) is 29.5 Å². The van der Waals surface area contributed by atoms with Gasteiger partial charge in [0.05, 0.1) is 12.8 Å². The number of alkyl carbamates (subject to hydrolysis) is 1. The summed E-state index contributed by atoms with van der Waals surface area (Å²) >= 11 is 0. The highest BCUT2D eigenvalue weighted by Gasteiger charge is 2.07. The number of ether oxygens (including phenoxy) is 1. The standard InChI is InChI=1S/C22H24N4O3/c27-21(23-14-18-8-3-1-4-9-18)26-17-20(16-25-26)12-7-13-29-22(28)24-15-19-10-5-2-6-11-19/h1-6,8-11,16-17H,7,12-15H2,(H,23,27)(H,24,28). The average Bonchev–Trinajstić information content (AvgIpc) is 3.24. The van der Waals surface area contributed by atoms with Gasteiger partial charge in [-0.3, -0.25) is 0 Å². The largest absolute Gasteiger partial charge is 0.450 e. The van der Waals surface area contributed by atoms with Crippen molar-refractivity contribution in [2.45, 2.75) is 25.9 Å². The fourth-order valence-electron chi connectivity index (χ4n) is 2.72. The molecular formula is C22H24N4O3. The maximum atomic E-state index is 12.2. The van der Waals surface area contributed by atoms with Crippen molar-refractivity contribution >= 4 is 12.1 Å². The zero-order valence-corrected chi connectivity index (χ0v) is 16.1. The minimum Gasteiger partial charge on any atom is -0.450 e. The van der Waals surface area contributed by atoms with Gasteiger partial charge in [0, 0.05) is 19.3 Å². The molecule has 2 aromatic carbocycles. The van der Waals surface area contributed by atoms with E-state index in [9.17, 15) is 9.59 Å². The van der Waals surface area contributed by atoms with Crippen LogP contribution < -0.4 is 10.6 Å². The van der Waals surface area contributed by atoms with E-state index in [1.807, 2.05) is 60.7 Å². The van der Waals surface area contributed by atoms with E-state index in [-0.39, 0.29) is 6.03 Å². The molecule has 0 unspecified atom stereocenters. The smallest absolute Gasteiger partial charge is 0.407 e. The second-order valence-electron chi connectivity index (χ2n) is 6.52. The second-order valence-corrected chi connectivity index (χ2v) is 6.52. The molecule has 150 valence electrons. The Morgan fingerprint density at radius 1 is 0.862 bits per heavy atom. The molecule has 2 N–H and O–H groups in total. The fourth-order valence-corrected chi connectivity index (χ4v) is 2.72. The number of carbonyl (C=O) groups is 2. The summed E-state index contributed by atoms with van der Waals surface area (Å²) in [6, 6.07) is 19.1. The number of rotatable bonds is 8. The molecular weight excluding hydrogens is 368 g/mol. The first kappa shape index (κ1) is 20.1. The molecule has 0 aliphatic carbocycles. The van der Waals surface area contributed by atoms with Gasteiger partial charge in [0.25, 0.3) is 0 Å². The van der Waals surface area contributed by atoms with Crippen LogP contribution >= 0.6 is 0 Å². The molecule has 0 radical (unpaired) electrons. The number of aryl methyl sites for hydroxylation is 1. The average molecular weight is 392 g/mol. The molecule has 0 aliphatic heterocycles. The first-order valence-corrected chi connectivity index (χ1v) is 9.51. The maximum Gasteiger partial charge on any atom is 0.407 e. The molecule has 0 saturated heterocycles. The van der Waals surface area contributed by atoms with Crippen molar-refractivity contribution in [3.05, 3.63) is 89.7 Å². The van der Waals surface area contributed by atoms with Crippen LogP contribution in [-0.4, -0.2) is 28.5 Å². The van der Waals surface area contributed by atoms with Crippen molar-refractivity contribution in [2.75, 3.05) is 6.61 Å². The predicted octanol–water partition coefficient (Wildman–Crippen LogP) is 3.50. The van der Waals surface area contributed by atoms with Crippen molar-refractivity contribution in [1.29, 1.82) is 0 Å². The molecule has 29 heavy (non-hydrogen) atoms. The van der Waals surface area contributed by atoms with Crippen LogP contribution in [-0.2, 0) is 24.2 Å². The number of benzene rings is 2. The van der Waals surface area contributed by atoms with Crippen molar-refractivity contribution in [3.8, 4) is 0 Å². The van der Waals surface area contributed by atoms with Gasteiger partial charge >= 0.3 is 12.1 Å². The summed E-state index contributed by atoms with van der Waals surface area (Å²) in [5.74, 6) is 0. The molecule has 1 heterocycles. The van der Waals surface area contributed by atoms with Gasteiger partial charge in [-0.15, -0.1) is 0 Å². The Morgan fingerprint density at radius 2 is 1.48 bits per heavy atom. The highest BCUT2D eigenvalue weighted by atomic mass is 16.5. The zero-order chi connectivity index (χ0) is 20.3. The van der Waals surface area contributed by atoms with E-state index in [1.54, 1.807) is 12.4 Å². The van der Waals surface area contributed by atoms with E-state index < -0.39 is 6.09 Å². The van der Waals surface area contributed by atoms with E-state index in [0.717, 1.165) is 16.7 Å². The third kappa shape index (κ3) is 6.80. The summed E-state index contributed by atoms with van der Waals surface area (Å²) < 4.78 is 6.45. The van der Waals surface area contributed by atoms with Crippen molar-refractivity contribution in [2.24, 2.45) is 0 Å². The van der Waals surface area contributed by atoms with Crippen LogP contribution in [0.15, 0.2) is 73.1 Å². The van der Waals surface area contributed by atoms with Gasteiger partial charge in [0.2, 0.25) is 0 Å². The number of carbonyl (C=O) groups excluding carboxylic acids is 2. The Kier molecular flexibility index (Phi) is 7.40. The van der Waals surface area contributed by atoms with Crippen LogP contribution in [0.3, 0.4) is 0 Å². The molecule has 0 aliphatic rings. The first-order valence-electron chi connectivity index (χ1n) is 9.51. The van der Waals surface area contributed by atoms with Crippen LogP contribution in [0.4, 0.5) is 9.59 Å². The van der Waals surface area contributed by atoms with E-state index in [1.165, 1.54) is 4.68 Å². The highest BCUT2D eigenvalue weighted by Crippen LogP contribution is 2.03. The number of aromatic nitrogens is 2. The van der Waals surface area contributed by atoms with E-state index >= 15 is 0 Å². The van der Waals surface area contributed by atoms with Crippen LogP contribution in [0.2, 0.25) is 0 Å². The zero-order valence-electron chi connectivity index (χ0n) is 16.1. The topological polar surface area (TPSA) is 85.2 Å². The van der Waals surface area contributed by atoms with Gasteiger partial charge in [0.15, 0.2) is 0 Å². The molecule has 1 aromatic heterocycles. The van der Waals surface area contributed by atoms with E-state index in [4.69, 9.17) is 4.74 Å². The van der Waals surface area contributed by atoms with Gasteiger partial charge < -0.3 is 15.4 Å². The summed E-state index contributed by atoms with van der Waals surface area (Å²) in [7, 11) is 0. The molecule has 7 nitrogen and oxygen atoms in total. The number of nitrogens with zero attached hydrogens (tertiary/aromatic N) is 2. The van der Waals surface area contributed by atoms with Gasteiger partial charge in [0.1, 0.15) is 0 Å². The summed E-state index contributed by atoms with van der Waals surface area (Å²) in [5, 5.41) is 9.63. The van der Waals surface area contributed by atoms with Crippen LogP contribution in [0.1, 0.15) is 23.1 Å².